The molecule has 2 unspecified atom stereocenters. The van der Waals surface area contributed by atoms with Crippen LogP contribution in [0.15, 0.2) is 42.0 Å². The van der Waals surface area contributed by atoms with E-state index in [9.17, 15) is 0 Å². The van der Waals surface area contributed by atoms with Gasteiger partial charge in [-0.1, -0.05) is 6.92 Å². The van der Waals surface area contributed by atoms with E-state index in [1.165, 1.54) is 12.8 Å². The predicted molar refractivity (Wildman–Crippen MR) is 114 cm³/mol. The van der Waals surface area contributed by atoms with Gasteiger partial charge in [0.05, 0.1) is 25.5 Å². The summed E-state index contributed by atoms with van der Waals surface area (Å²) >= 11 is 0. The first-order valence-electron chi connectivity index (χ1n) is 10.8. The first kappa shape index (κ1) is 19.7. The zero-order chi connectivity index (χ0) is 20.1. The average molecular weight is 397 g/mol. The highest BCUT2D eigenvalue weighted by atomic mass is 16.5. The molecule has 1 aliphatic heterocycles. The molecule has 1 N–H and O–H groups in total. The van der Waals surface area contributed by atoms with Crippen LogP contribution < -0.4 is 10.1 Å². The topological polar surface area (TPSA) is 67.6 Å². The van der Waals surface area contributed by atoms with Crippen molar-refractivity contribution in [2.75, 3.05) is 26.2 Å². The average Bonchev–Trinajstić information content (AvgIpc) is 3.42. The largest absolute Gasteiger partial charge is 0.477 e. The minimum absolute atomic E-state index is 0.415. The lowest BCUT2D eigenvalue weighted by Crippen LogP contribution is -2.49. The van der Waals surface area contributed by atoms with Gasteiger partial charge in [0.1, 0.15) is 0 Å². The lowest BCUT2D eigenvalue weighted by atomic mass is 9.93. The van der Waals surface area contributed by atoms with Gasteiger partial charge in [-0.15, -0.1) is 0 Å². The molecule has 0 aromatic carbocycles. The number of imidazole rings is 1. The van der Waals surface area contributed by atoms with E-state index in [-0.39, 0.29) is 0 Å². The van der Waals surface area contributed by atoms with Gasteiger partial charge < -0.3 is 19.5 Å². The Bertz CT molecular complexity index is 801. The molecule has 2 aromatic rings. The normalized spacial score (nSPS) is 22.6. The Morgan fingerprint density at radius 2 is 2.21 bits per heavy atom. The molecule has 1 aliphatic carbocycles. The van der Waals surface area contributed by atoms with Gasteiger partial charge in [-0.25, -0.2) is 15.0 Å². The molecule has 2 fully saturated rings. The van der Waals surface area contributed by atoms with Crippen LogP contribution >= 0.6 is 0 Å². The summed E-state index contributed by atoms with van der Waals surface area (Å²) in [7, 11) is 0. The number of nitrogens with zero attached hydrogens (tertiary/aromatic N) is 5. The number of pyridine rings is 1. The van der Waals surface area contributed by atoms with Crippen LogP contribution in [0.25, 0.3) is 0 Å². The molecule has 29 heavy (non-hydrogen) atoms. The molecule has 2 aliphatic rings. The Labute approximate surface area is 173 Å². The minimum Gasteiger partial charge on any atom is -0.477 e. The number of aromatic nitrogens is 3. The van der Waals surface area contributed by atoms with Crippen molar-refractivity contribution in [2.24, 2.45) is 16.8 Å². The highest BCUT2D eigenvalue weighted by Gasteiger charge is 2.29. The number of ether oxygens (including phenoxy) is 1. The molecule has 2 atom stereocenters. The van der Waals surface area contributed by atoms with Crippen molar-refractivity contribution >= 4 is 5.96 Å². The zero-order valence-corrected chi connectivity index (χ0v) is 17.5. The van der Waals surface area contributed by atoms with Crippen LogP contribution in [0.5, 0.6) is 5.88 Å². The Morgan fingerprint density at radius 1 is 1.31 bits per heavy atom. The third kappa shape index (κ3) is 5.28. The molecule has 0 bridgehead atoms. The fourth-order valence-corrected chi connectivity index (χ4v) is 3.80. The molecule has 2 aromatic heterocycles. The Hall–Kier alpha value is -2.57. The van der Waals surface area contributed by atoms with E-state index in [0.29, 0.717) is 24.4 Å². The summed E-state index contributed by atoms with van der Waals surface area (Å²) in [6, 6.07) is 4.45. The molecular formula is C22H32N6O. The third-order valence-corrected chi connectivity index (χ3v) is 5.84. The van der Waals surface area contributed by atoms with E-state index in [1.807, 2.05) is 30.9 Å². The second-order valence-electron chi connectivity index (χ2n) is 8.22. The van der Waals surface area contributed by atoms with Crippen LogP contribution in [0, 0.1) is 11.8 Å². The van der Waals surface area contributed by atoms with E-state index < -0.39 is 0 Å². The maximum atomic E-state index is 5.81. The number of nitrogens with one attached hydrogen (secondary N) is 1. The van der Waals surface area contributed by atoms with Crippen LogP contribution in [0.3, 0.4) is 0 Å². The number of aliphatic imine (C=N–C) groups is 1. The van der Waals surface area contributed by atoms with Gasteiger partial charge in [0, 0.05) is 44.3 Å². The van der Waals surface area contributed by atoms with Crippen molar-refractivity contribution < 1.29 is 4.74 Å². The Morgan fingerprint density at radius 3 is 2.97 bits per heavy atom. The lowest BCUT2D eigenvalue weighted by Gasteiger charge is -2.39. The Kier molecular flexibility index (Phi) is 6.32. The highest BCUT2D eigenvalue weighted by Crippen LogP contribution is 2.29. The quantitative estimate of drug-likeness (QED) is 0.575. The van der Waals surface area contributed by atoms with Gasteiger partial charge in [-0.3, -0.25) is 0 Å². The number of piperidine rings is 1. The summed E-state index contributed by atoms with van der Waals surface area (Å²) in [5.41, 5.74) is 1.12. The molecule has 1 saturated carbocycles. The smallest absolute Gasteiger partial charge is 0.213 e. The van der Waals surface area contributed by atoms with Crippen molar-refractivity contribution in [3.05, 3.63) is 42.6 Å². The van der Waals surface area contributed by atoms with Crippen LogP contribution in [-0.4, -0.2) is 51.6 Å². The van der Waals surface area contributed by atoms with Gasteiger partial charge in [0.25, 0.3) is 0 Å². The number of guanidine groups is 1. The van der Waals surface area contributed by atoms with Crippen LogP contribution in [0.4, 0.5) is 0 Å². The minimum atomic E-state index is 0.415. The molecule has 0 spiro atoms. The van der Waals surface area contributed by atoms with E-state index >= 15 is 0 Å². The molecule has 1 saturated heterocycles. The molecule has 7 nitrogen and oxygen atoms in total. The van der Waals surface area contributed by atoms with Gasteiger partial charge in [-0.05, 0) is 49.7 Å². The van der Waals surface area contributed by atoms with E-state index in [4.69, 9.17) is 9.73 Å². The standard InChI is InChI=1S/C22H32N6O/c1-3-24-22(27-10-7-17(2)20(14-27)28-11-9-23-16-28)26-13-19-6-8-25-21(12-19)29-15-18-4-5-18/h6,8-9,11-12,16-18,20H,3-5,7,10,13-15H2,1-2H3,(H,24,26). The fourth-order valence-electron chi connectivity index (χ4n) is 3.80. The number of hydrogen-bond acceptors (Lipinski definition) is 4. The number of hydrogen-bond donors (Lipinski definition) is 1. The van der Waals surface area contributed by atoms with Gasteiger partial charge in [0.15, 0.2) is 5.96 Å². The van der Waals surface area contributed by atoms with Gasteiger partial charge in [-0.2, -0.15) is 0 Å². The molecule has 0 radical (unpaired) electrons. The molecular weight excluding hydrogens is 364 g/mol. The molecule has 3 heterocycles. The number of rotatable bonds is 7. The summed E-state index contributed by atoms with van der Waals surface area (Å²) in [6.45, 7) is 8.65. The summed E-state index contributed by atoms with van der Waals surface area (Å²) in [5, 5.41) is 3.47. The van der Waals surface area contributed by atoms with Crippen molar-refractivity contribution in [1.82, 2.24) is 24.8 Å². The summed E-state index contributed by atoms with van der Waals surface area (Å²) in [4.78, 5) is 15.9. The molecule has 7 heteroatoms. The molecule has 0 amide bonds. The monoisotopic (exact) mass is 396 g/mol. The first-order valence-corrected chi connectivity index (χ1v) is 10.8. The summed E-state index contributed by atoms with van der Waals surface area (Å²) in [5.74, 6) is 3.03. The second-order valence-corrected chi connectivity index (χ2v) is 8.22. The van der Waals surface area contributed by atoms with Crippen molar-refractivity contribution in [3.8, 4) is 5.88 Å². The van der Waals surface area contributed by atoms with Gasteiger partial charge in [0.2, 0.25) is 5.88 Å². The Balaban J connectivity index is 1.42. The summed E-state index contributed by atoms with van der Waals surface area (Å²) < 4.78 is 8.04. The van der Waals surface area contributed by atoms with Gasteiger partial charge >= 0.3 is 0 Å². The zero-order valence-electron chi connectivity index (χ0n) is 17.5. The molecule has 156 valence electrons. The highest BCUT2D eigenvalue weighted by molar-refractivity contribution is 5.80. The van der Waals surface area contributed by atoms with Crippen molar-refractivity contribution in [1.29, 1.82) is 0 Å². The number of likely N-dealkylation sites (tertiary alicyclic amines) is 1. The van der Waals surface area contributed by atoms with E-state index in [2.05, 4.69) is 44.8 Å². The third-order valence-electron chi connectivity index (χ3n) is 5.84. The van der Waals surface area contributed by atoms with Crippen LogP contribution in [0.1, 0.15) is 44.7 Å². The maximum absolute atomic E-state index is 5.81. The van der Waals surface area contributed by atoms with E-state index in [0.717, 1.165) is 50.1 Å². The second kappa shape index (κ2) is 9.29. The van der Waals surface area contributed by atoms with Crippen LogP contribution in [-0.2, 0) is 6.54 Å². The van der Waals surface area contributed by atoms with E-state index in [1.54, 1.807) is 0 Å². The fraction of sp³-hybridized carbons (Fsp3) is 0.591. The SMILES string of the molecule is CCNC(=NCc1ccnc(OCC2CC2)c1)N1CCC(C)C(n2ccnc2)C1. The lowest BCUT2D eigenvalue weighted by molar-refractivity contribution is 0.189. The molecule has 4 rings (SSSR count). The van der Waals surface area contributed by atoms with Crippen LogP contribution in [0.2, 0.25) is 0 Å². The predicted octanol–water partition coefficient (Wildman–Crippen LogP) is 3.12. The van der Waals surface area contributed by atoms with Crippen molar-refractivity contribution in [3.63, 3.8) is 0 Å². The maximum Gasteiger partial charge on any atom is 0.213 e. The summed E-state index contributed by atoms with van der Waals surface area (Å²) in [6.07, 6.45) is 11.4. The van der Waals surface area contributed by atoms with Crippen molar-refractivity contribution in [2.45, 2.75) is 45.7 Å². The first-order chi connectivity index (χ1) is 14.2.